The summed E-state index contributed by atoms with van der Waals surface area (Å²) in [7, 11) is 1.81. The first-order chi connectivity index (χ1) is 25.1. The lowest BCUT2D eigenvalue weighted by molar-refractivity contribution is -0.141. The second-order valence-electron chi connectivity index (χ2n) is 14.2. The van der Waals surface area contributed by atoms with Crippen molar-refractivity contribution in [2.45, 2.75) is 107 Å². The monoisotopic (exact) mass is 729 g/mol. The number of ether oxygens (including phenoxy) is 2. The van der Waals surface area contributed by atoms with Crippen LogP contribution in [0.1, 0.15) is 76.3 Å². The van der Waals surface area contributed by atoms with E-state index in [9.17, 15) is 24.4 Å². The average Bonchev–Trinajstić information content (AvgIpc) is 3.68. The van der Waals surface area contributed by atoms with Gasteiger partial charge in [0, 0.05) is 19.4 Å². The Morgan fingerprint density at radius 2 is 1.92 bits per heavy atom. The van der Waals surface area contributed by atoms with Crippen molar-refractivity contribution in [3.8, 4) is 23.6 Å². The van der Waals surface area contributed by atoms with Gasteiger partial charge in [-0.3, -0.25) is 24.4 Å². The zero-order valence-electron chi connectivity index (χ0n) is 29.3. The largest absolute Gasteiger partial charge is 0.471 e. The summed E-state index contributed by atoms with van der Waals surface area (Å²) in [4.78, 5) is 66.0. The van der Waals surface area contributed by atoms with E-state index in [4.69, 9.17) is 19.4 Å². The van der Waals surface area contributed by atoms with Gasteiger partial charge < -0.3 is 25.0 Å². The fourth-order valence-electron chi connectivity index (χ4n) is 7.67. The Kier molecular flexibility index (Phi) is 10.1. The molecule has 52 heavy (non-hydrogen) atoms. The number of rotatable bonds is 6. The molecule has 0 bridgehead atoms. The lowest BCUT2D eigenvalue weighted by atomic mass is 10.0. The number of carbonyl (C=O) groups excluding carboxylic acids is 4. The minimum Gasteiger partial charge on any atom is -0.471 e. The van der Waals surface area contributed by atoms with E-state index >= 15 is 0 Å². The maximum absolute atomic E-state index is 14.5. The molecule has 2 saturated carbocycles. The lowest BCUT2D eigenvalue weighted by Crippen LogP contribution is -2.57. The number of amides is 4. The number of fused-ring (bicyclic) bond motifs is 3. The Labute approximate surface area is 305 Å². The van der Waals surface area contributed by atoms with Gasteiger partial charge in [-0.2, -0.15) is 15.3 Å². The number of allylic oxidation sites excluding steroid dienone is 1. The van der Waals surface area contributed by atoms with Crippen LogP contribution in [0.15, 0.2) is 29.7 Å². The molecule has 3 N–H and O–H groups in total. The summed E-state index contributed by atoms with van der Waals surface area (Å²) < 4.78 is 14.6. The van der Waals surface area contributed by atoms with E-state index in [2.05, 4.69) is 21.0 Å². The summed E-state index contributed by atoms with van der Waals surface area (Å²) >= 11 is 1.42. The van der Waals surface area contributed by atoms with Gasteiger partial charge in [0.1, 0.15) is 40.2 Å². The van der Waals surface area contributed by atoms with Crippen molar-refractivity contribution < 1.29 is 28.7 Å². The summed E-state index contributed by atoms with van der Waals surface area (Å²) in [5.74, 6) is -1.12. The Morgan fingerprint density at radius 3 is 2.69 bits per heavy atom. The molecule has 0 radical (unpaired) electrons. The van der Waals surface area contributed by atoms with E-state index in [1.807, 2.05) is 43.6 Å². The first-order valence-electron chi connectivity index (χ1n) is 18.0. The molecule has 2 aliphatic carbocycles. The predicted octanol–water partition coefficient (Wildman–Crippen LogP) is 3.78. The van der Waals surface area contributed by atoms with Gasteiger partial charge in [-0.25, -0.2) is 9.78 Å². The van der Waals surface area contributed by atoms with Gasteiger partial charge >= 0.3 is 6.09 Å². The van der Waals surface area contributed by atoms with Crippen molar-refractivity contribution in [2.24, 2.45) is 13.0 Å². The summed E-state index contributed by atoms with van der Waals surface area (Å²) in [5, 5.41) is 23.5. The van der Waals surface area contributed by atoms with Crippen LogP contribution in [0.3, 0.4) is 0 Å². The molecule has 5 heterocycles. The molecule has 3 aromatic heterocycles. The van der Waals surface area contributed by atoms with Crippen LogP contribution in [-0.4, -0.2) is 84.8 Å². The van der Waals surface area contributed by atoms with Crippen LogP contribution in [0.25, 0.3) is 21.7 Å². The van der Waals surface area contributed by atoms with Gasteiger partial charge in [0.2, 0.25) is 17.7 Å². The Bertz CT molecular complexity index is 1930. The summed E-state index contributed by atoms with van der Waals surface area (Å²) in [6.07, 6.45) is 11.6. The number of alkyl carbamates (subject to hydrolysis) is 1. The molecule has 3 aromatic rings. The summed E-state index contributed by atoms with van der Waals surface area (Å²) in [6, 6.07) is 1.80. The van der Waals surface area contributed by atoms with Crippen LogP contribution in [-0.2, 0) is 26.2 Å². The second-order valence-corrected chi connectivity index (χ2v) is 15.1. The highest BCUT2D eigenvalue weighted by molar-refractivity contribution is 7.17. The van der Waals surface area contributed by atoms with Crippen molar-refractivity contribution >= 4 is 45.4 Å². The summed E-state index contributed by atoms with van der Waals surface area (Å²) in [5.41, 5.74) is 0.889. The van der Waals surface area contributed by atoms with Crippen LogP contribution < -0.4 is 20.7 Å². The molecule has 16 heteroatoms. The third-order valence-electron chi connectivity index (χ3n) is 10.5. The summed E-state index contributed by atoms with van der Waals surface area (Å²) in [6.45, 7) is 1.92. The fourth-order valence-corrected chi connectivity index (χ4v) is 8.43. The van der Waals surface area contributed by atoms with E-state index in [1.54, 1.807) is 10.9 Å². The first-order valence-corrected chi connectivity index (χ1v) is 18.9. The number of nitrogens with zero attached hydrogens (tertiary/aromatic N) is 6. The third-order valence-corrected chi connectivity index (χ3v) is 11.4. The van der Waals surface area contributed by atoms with Crippen molar-refractivity contribution in [1.82, 2.24) is 40.6 Å². The SMILES string of the molecule is Cc1cc(-c2nc(O[C@@H]3C[C@H]4C(=O)N[C@]5(C(=O)NC#N)CC5/C=C/CCCCC[C@@H](NC(=O)OC5CCCC5)C(=O)N4C3)c3sccc3n2)n(C)n1. The molecule has 7 rings (SSSR count). The maximum Gasteiger partial charge on any atom is 0.408 e. The zero-order chi connectivity index (χ0) is 36.4. The number of nitriles is 1. The smallest absolute Gasteiger partial charge is 0.408 e. The number of nitrogens with one attached hydrogen (secondary N) is 3. The van der Waals surface area contributed by atoms with E-state index in [-0.39, 0.29) is 25.0 Å². The van der Waals surface area contributed by atoms with Crippen LogP contribution in [0.2, 0.25) is 0 Å². The van der Waals surface area contributed by atoms with E-state index < -0.39 is 47.5 Å². The highest BCUT2D eigenvalue weighted by Gasteiger charge is 2.61. The maximum atomic E-state index is 14.5. The number of thiophene rings is 1. The van der Waals surface area contributed by atoms with Gasteiger partial charge in [-0.1, -0.05) is 25.0 Å². The molecule has 15 nitrogen and oxygen atoms in total. The van der Waals surface area contributed by atoms with Gasteiger partial charge in [-0.15, -0.1) is 11.3 Å². The molecule has 1 unspecified atom stereocenters. The minimum absolute atomic E-state index is 0.0323. The molecule has 4 aliphatic rings. The van der Waals surface area contributed by atoms with Crippen molar-refractivity contribution in [2.75, 3.05) is 6.54 Å². The zero-order valence-corrected chi connectivity index (χ0v) is 30.1. The number of aromatic nitrogens is 4. The van der Waals surface area contributed by atoms with Gasteiger partial charge in [0.15, 0.2) is 12.0 Å². The second kappa shape index (κ2) is 14.9. The van der Waals surface area contributed by atoms with Crippen LogP contribution in [0.4, 0.5) is 4.79 Å². The minimum atomic E-state index is -1.31. The predicted molar refractivity (Wildman–Crippen MR) is 190 cm³/mol. The highest BCUT2D eigenvalue weighted by Crippen LogP contribution is 2.45. The Morgan fingerprint density at radius 1 is 1.12 bits per heavy atom. The van der Waals surface area contributed by atoms with Crippen LogP contribution in [0.5, 0.6) is 5.88 Å². The number of aryl methyl sites for hydroxylation is 2. The van der Waals surface area contributed by atoms with Crippen molar-refractivity contribution in [3.63, 3.8) is 0 Å². The Hall–Kier alpha value is -5.04. The lowest BCUT2D eigenvalue weighted by Gasteiger charge is -2.29. The van der Waals surface area contributed by atoms with Crippen LogP contribution >= 0.6 is 11.3 Å². The molecule has 0 spiro atoms. The molecule has 3 fully saturated rings. The molecule has 4 amide bonds. The van der Waals surface area contributed by atoms with Crippen LogP contribution in [0, 0.1) is 24.3 Å². The molecule has 1 saturated heterocycles. The first kappa shape index (κ1) is 35.4. The van der Waals surface area contributed by atoms with Gasteiger partial charge in [-0.05, 0) is 75.8 Å². The quantitative estimate of drug-likeness (QED) is 0.191. The molecule has 0 aromatic carbocycles. The van der Waals surface area contributed by atoms with E-state index in [1.165, 1.54) is 16.2 Å². The normalized spacial score (nSPS) is 27.4. The number of carbonyl (C=O) groups is 4. The topological polar surface area (TPSA) is 193 Å². The van der Waals surface area contributed by atoms with Crippen molar-refractivity contribution in [1.29, 1.82) is 5.26 Å². The standard InChI is InChI=1S/C36H43N9O6S/c1-21-16-27(44(2)43-21)30-39-25-14-15-52-29(25)32(41-30)50-24-17-28-31(46)42-36(34(48)38-20-37)18-22(36)10-6-4-3-5-7-13-26(33(47)45(28)19-24)40-35(49)51-23-11-8-9-12-23/h6,10,14-16,22-24,26,28H,3-5,7-9,11-13,17-19H2,1-2H3,(H,38,48)(H,40,49)(H,42,46)/b10-6+/t22?,24-,26-,28+,36-/m1/s1. The molecular formula is C36H43N9O6S. The average molecular weight is 730 g/mol. The highest BCUT2D eigenvalue weighted by atomic mass is 32.1. The van der Waals surface area contributed by atoms with Gasteiger partial charge in [0.05, 0.1) is 17.8 Å². The third kappa shape index (κ3) is 7.32. The molecule has 5 atom stereocenters. The molecular weight excluding hydrogens is 687 g/mol. The Balaban J connectivity index is 1.19. The molecule has 274 valence electrons. The van der Waals surface area contributed by atoms with E-state index in [0.717, 1.165) is 55.3 Å². The van der Waals surface area contributed by atoms with Gasteiger partial charge in [0.25, 0.3) is 5.91 Å². The number of hydrogen-bond donors (Lipinski definition) is 3. The van der Waals surface area contributed by atoms with Crippen molar-refractivity contribution in [3.05, 3.63) is 35.4 Å². The van der Waals surface area contributed by atoms with E-state index in [0.29, 0.717) is 42.2 Å². The number of hydrogen-bond acceptors (Lipinski definition) is 11. The fraction of sp³-hybridized carbons (Fsp3) is 0.556. The molecule has 2 aliphatic heterocycles.